The number of carbonyl (C=O) groups excluding carboxylic acids is 2. The average molecular weight is 181 g/mol. The summed E-state index contributed by atoms with van der Waals surface area (Å²) in [7, 11) is 0. The van der Waals surface area contributed by atoms with Crippen LogP contribution < -0.4 is 16.0 Å². The van der Waals surface area contributed by atoms with E-state index in [0.29, 0.717) is 18.3 Å². The second-order valence-corrected chi connectivity index (χ2v) is 3.26. The minimum absolute atomic E-state index is 0.151. The van der Waals surface area contributed by atoms with E-state index in [0.717, 1.165) is 12.8 Å². The molecule has 13 heavy (non-hydrogen) atoms. The van der Waals surface area contributed by atoms with Crippen molar-refractivity contribution in [2.24, 2.45) is 0 Å². The second-order valence-electron chi connectivity index (χ2n) is 3.26. The molecule has 0 radical (unpaired) electrons. The molecule has 1 heterocycles. The molecule has 1 aliphatic heterocycles. The van der Waals surface area contributed by atoms with E-state index in [1.54, 1.807) is 0 Å². The smallest absolute Gasteiger partial charge is 0.319 e. The summed E-state index contributed by atoms with van der Waals surface area (Å²) in [6.45, 7) is 0.414. The van der Waals surface area contributed by atoms with Crippen LogP contribution in [-0.4, -0.2) is 24.5 Å². The molecule has 3 N–H and O–H groups in total. The van der Waals surface area contributed by atoms with Gasteiger partial charge in [0.05, 0.1) is 6.54 Å². The Hall–Kier alpha value is -1.52. The number of amides is 3. The van der Waals surface area contributed by atoms with Crippen LogP contribution in [0.25, 0.3) is 0 Å². The van der Waals surface area contributed by atoms with Crippen LogP contribution in [0.15, 0.2) is 11.8 Å². The molecule has 0 bridgehead atoms. The molecule has 0 saturated heterocycles. The number of hydrogen-bond acceptors (Lipinski definition) is 2. The Morgan fingerprint density at radius 3 is 2.85 bits per heavy atom. The van der Waals surface area contributed by atoms with Gasteiger partial charge in [0, 0.05) is 17.8 Å². The van der Waals surface area contributed by atoms with E-state index in [-0.39, 0.29) is 11.9 Å². The van der Waals surface area contributed by atoms with Crippen molar-refractivity contribution < 1.29 is 9.59 Å². The molecule has 2 rings (SSSR count). The molecular weight excluding hydrogens is 170 g/mol. The van der Waals surface area contributed by atoms with Gasteiger partial charge in [0.2, 0.25) is 5.91 Å². The van der Waals surface area contributed by atoms with Gasteiger partial charge < -0.3 is 16.0 Å². The first-order valence-electron chi connectivity index (χ1n) is 4.30. The van der Waals surface area contributed by atoms with Gasteiger partial charge in [0.25, 0.3) is 0 Å². The first-order chi connectivity index (χ1) is 6.24. The zero-order chi connectivity index (χ0) is 9.26. The predicted octanol–water partition coefficient (Wildman–Crippen LogP) is -0.538. The van der Waals surface area contributed by atoms with E-state index in [9.17, 15) is 9.59 Å². The van der Waals surface area contributed by atoms with E-state index in [1.807, 2.05) is 0 Å². The lowest BCUT2D eigenvalue weighted by Crippen LogP contribution is -2.37. The molecule has 0 atom stereocenters. The van der Waals surface area contributed by atoms with Crippen molar-refractivity contribution in [2.75, 3.05) is 6.54 Å². The van der Waals surface area contributed by atoms with Crippen LogP contribution in [-0.2, 0) is 4.79 Å². The van der Waals surface area contributed by atoms with Crippen LogP contribution in [0.1, 0.15) is 12.8 Å². The fourth-order valence-corrected chi connectivity index (χ4v) is 1.12. The van der Waals surface area contributed by atoms with Crippen molar-refractivity contribution in [3.8, 4) is 0 Å². The highest BCUT2D eigenvalue weighted by atomic mass is 16.2. The summed E-state index contributed by atoms with van der Waals surface area (Å²) in [5.41, 5.74) is 0.628. The summed E-state index contributed by atoms with van der Waals surface area (Å²) in [6.07, 6.45) is 3.51. The zero-order valence-corrected chi connectivity index (χ0v) is 7.09. The van der Waals surface area contributed by atoms with Gasteiger partial charge in [-0.2, -0.15) is 0 Å². The molecule has 0 spiro atoms. The monoisotopic (exact) mass is 181 g/mol. The van der Waals surface area contributed by atoms with Gasteiger partial charge >= 0.3 is 6.03 Å². The summed E-state index contributed by atoms with van der Waals surface area (Å²) in [4.78, 5) is 21.9. The summed E-state index contributed by atoms with van der Waals surface area (Å²) in [5, 5.41) is 7.94. The standard InChI is InChI=1S/C8H11N3O2/c12-7-3-6(4-9-7)11-8(13)10-5-1-2-5/h3,5H,1-2,4H2,(H,9,12)(H2,10,11,13). The summed E-state index contributed by atoms with van der Waals surface area (Å²) >= 11 is 0. The fourth-order valence-electron chi connectivity index (χ4n) is 1.12. The molecule has 0 aromatic rings. The van der Waals surface area contributed by atoms with Crippen molar-refractivity contribution in [2.45, 2.75) is 18.9 Å². The Morgan fingerprint density at radius 1 is 1.54 bits per heavy atom. The van der Waals surface area contributed by atoms with E-state index in [4.69, 9.17) is 0 Å². The van der Waals surface area contributed by atoms with Gasteiger partial charge in [-0.1, -0.05) is 0 Å². The lowest BCUT2D eigenvalue weighted by atomic mass is 10.4. The van der Waals surface area contributed by atoms with Crippen LogP contribution in [0.5, 0.6) is 0 Å². The number of carbonyl (C=O) groups is 2. The highest BCUT2D eigenvalue weighted by Gasteiger charge is 2.23. The Morgan fingerprint density at radius 2 is 2.31 bits per heavy atom. The van der Waals surface area contributed by atoms with Gasteiger partial charge in [-0.3, -0.25) is 4.79 Å². The predicted molar refractivity (Wildman–Crippen MR) is 45.8 cm³/mol. The molecule has 0 aromatic heterocycles. The van der Waals surface area contributed by atoms with Gasteiger partial charge in [-0.15, -0.1) is 0 Å². The maximum atomic E-state index is 11.2. The van der Waals surface area contributed by atoms with Crippen molar-refractivity contribution in [1.29, 1.82) is 0 Å². The number of rotatable bonds is 2. The van der Waals surface area contributed by atoms with E-state index in [1.165, 1.54) is 6.08 Å². The lowest BCUT2D eigenvalue weighted by Gasteiger charge is -2.05. The Labute approximate surface area is 75.6 Å². The van der Waals surface area contributed by atoms with Gasteiger partial charge in [-0.25, -0.2) is 4.79 Å². The van der Waals surface area contributed by atoms with Crippen LogP contribution in [0.4, 0.5) is 4.79 Å². The average Bonchev–Trinajstić information content (AvgIpc) is 2.76. The third-order valence-corrected chi connectivity index (χ3v) is 1.95. The largest absolute Gasteiger partial charge is 0.347 e. The van der Waals surface area contributed by atoms with Crippen molar-refractivity contribution >= 4 is 11.9 Å². The van der Waals surface area contributed by atoms with Gasteiger partial charge in [0.15, 0.2) is 0 Å². The third-order valence-electron chi connectivity index (χ3n) is 1.95. The van der Waals surface area contributed by atoms with E-state index < -0.39 is 0 Å². The van der Waals surface area contributed by atoms with Crippen molar-refractivity contribution in [3.05, 3.63) is 11.8 Å². The Balaban J connectivity index is 1.79. The van der Waals surface area contributed by atoms with E-state index >= 15 is 0 Å². The topological polar surface area (TPSA) is 70.2 Å². The minimum atomic E-state index is -0.217. The Kier molecular flexibility index (Phi) is 1.92. The number of nitrogens with one attached hydrogen (secondary N) is 3. The van der Waals surface area contributed by atoms with E-state index in [2.05, 4.69) is 16.0 Å². The molecule has 1 saturated carbocycles. The molecule has 5 heteroatoms. The summed E-state index contributed by atoms with van der Waals surface area (Å²) in [5.74, 6) is -0.151. The molecule has 0 unspecified atom stereocenters. The fraction of sp³-hybridized carbons (Fsp3) is 0.500. The first-order valence-corrected chi connectivity index (χ1v) is 4.30. The third kappa shape index (κ3) is 2.21. The maximum absolute atomic E-state index is 11.2. The highest BCUT2D eigenvalue weighted by Crippen LogP contribution is 2.18. The minimum Gasteiger partial charge on any atom is -0.347 e. The Bertz CT molecular complexity index is 281. The van der Waals surface area contributed by atoms with Crippen LogP contribution in [0.2, 0.25) is 0 Å². The summed E-state index contributed by atoms with van der Waals surface area (Å²) < 4.78 is 0. The molecule has 70 valence electrons. The summed E-state index contributed by atoms with van der Waals surface area (Å²) in [6, 6.07) is 0.121. The quantitative estimate of drug-likeness (QED) is 0.535. The first kappa shape index (κ1) is 8.10. The zero-order valence-electron chi connectivity index (χ0n) is 7.09. The van der Waals surface area contributed by atoms with Crippen LogP contribution in [0.3, 0.4) is 0 Å². The molecule has 2 aliphatic rings. The molecule has 3 amide bonds. The van der Waals surface area contributed by atoms with Crippen LogP contribution in [0, 0.1) is 0 Å². The van der Waals surface area contributed by atoms with Gasteiger partial charge in [-0.05, 0) is 12.8 Å². The van der Waals surface area contributed by atoms with Crippen LogP contribution >= 0.6 is 0 Å². The van der Waals surface area contributed by atoms with Crippen molar-refractivity contribution in [3.63, 3.8) is 0 Å². The molecule has 0 aromatic carbocycles. The maximum Gasteiger partial charge on any atom is 0.319 e. The number of urea groups is 1. The van der Waals surface area contributed by atoms with Crippen molar-refractivity contribution in [1.82, 2.24) is 16.0 Å². The molecular formula is C8H11N3O2. The lowest BCUT2D eigenvalue weighted by molar-refractivity contribution is -0.115. The molecule has 1 fully saturated rings. The highest BCUT2D eigenvalue weighted by molar-refractivity contribution is 5.92. The van der Waals surface area contributed by atoms with Gasteiger partial charge in [0.1, 0.15) is 0 Å². The number of hydrogen-bond donors (Lipinski definition) is 3. The molecule has 1 aliphatic carbocycles. The normalized spacial score (nSPS) is 20.6. The molecule has 5 nitrogen and oxygen atoms in total. The second kappa shape index (κ2) is 3.08. The SMILES string of the molecule is O=C1C=C(NC(=O)NC2CC2)CN1.